The number of fused-ring (bicyclic) bond motifs is 4. The van der Waals surface area contributed by atoms with Crippen LogP contribution in [0.25, 0.3) is 55.2 Å². The SMILES string of the molecule is [2H]C(C)(C)c1ccnc(-c2[c-]ccc3c2oc2cc4c[c]([Ge]([CH3])([CH3])[CH3])ccc4cc23)c1.[Ir].[c-]1ccccc1-c1ccccn1. The Bertz CT molecular complexity index is 2010. The molecule has 3 nitrogen and oxygen atoms in total. The summed E-state index contributed by atoms with van der Waals surface area (Å²) < 4.78 is 16.3. The van der Waals surface area contributed by atoms with Crippen LogP contribution in [0.2, 0.25) is 17.3 Å². The molecule has 0 aliphatic heterocycles. The second kappa shape index (κ2) is 13.0. The molecular weight excluding hydrogens is 765 g/mol. The fraction of sp³-hybridized carbons (Fsp3) is 0.158. The first-order valence-corrected chi connectivity index (χ1v) is 21.6. The average molecular weight is 801 g/mol. The molecule has 0 aliphatic carbocycles. The Morgan fingerprint density at radius 1 is 0.744 bits per heavy atom. The van der Waals surface area contributed by atoms with Crippen molar-refractivity contribution < 1.29 is 25.9 Å². The van der Waals surface area contributed by atoms with E-state index >= 15 is 0 Å². The van der Waals surface area contributed by atoms with Crippen molar-refractivity contribution in [1.82, 2.24) is 9.97 Å². The molecule has 0 spiro atoms. The van der Waals surface area contributed by atoms with Crippen molar-refractivity contribution >= 4 is 50.4 Å². The van der Waals surface area contributed by atoms with E-state index in [1.54, 1.807) is 12.4 Å². The number of rotatable bonds is 4. The summed E-state index contributed by atoms with van der Waals surface area (Å²) in [6.07, 6.45) is 3.56. The molecule has 0 fully saturated rings. The first-order chi connectivity index (χ1) is 20.6. The van der Waals surface area contributed by atoms with Gasteiger partial charge >= 0.3 is 167 Å². The summed E-state index contributed by atoms with van der Waals surface area (Å²) in [5.41, 5.74) is 6.25. The van der Waals surface area contributed by atoms with E-state index in [-0.39, 0.29) is 20.1 Å². The van der Waals surface area contributed by atoms with Gasteiger partial charge in [0.25, 0.3) is 0 Å². The predicted octanol–water partition coefficient (Wildman–Crippen LogP) is 9.82. The molecule has 217 valence electrons. The molecule has 0 amide bonds. The van der Waals surface area contributed by atoms with Crippen LogP contribution in [-0.2, 0) is 20.1 Å². The number of pyridine rings is 2. The summed E-state index contributed by atoms with van der Waals surface area (Å²) in [5.74, 6) is 6.57. The van der Waals surface area contributed by atoms with Gasteiger partial charge in [-0.1, -0.05) is 26.0 Å². The van der Waals surface area contributed by atoms with Crippen LogP contribution >= 0.6 is 0 Å². The second-order valence-corrected chi connectivity index (χ2v) is 22.4. The molecule has 0 atom stereocenters. The Hall–Kier alpha value is -3.57. The van der Waals surface area contributed by atoms with E-state index in [0.717, 1.165) is 50.0 Å². The molecule has 7 aromatic rings. The molecule has 43 heavy (non-hydrogen) atoms. The van der Waals surface area contributed by atoms with Crippen LogP contribution in [0.3, 0.4) is 0 Å². The van der Waals surface area contributed by atoms with Crippen LogP contribution < -0.4 is 4.40 Å². The smallest absolute Gasteiger partial charge is 0.0160 e. The molecule has 0 unspecified atom stereocenters. The average Bonchev–Trinajstić information content (AvgIpc) is 3.37. The van der Waals surface area contributed by atoms with Gasteiger partial charge in [-0.2, -0.15) is 0 Å². The van der Waals surface area contributed by atoms with Crippen LogP contribution in [0.1, 0.15) is 26.7 Å². The minimum atomic E-state index is -1.90. The molecule has 3 aromatic heterocycles. The number of hydrogen-bond donors (Lipinski definition) is 0. The maximum Gasteiger partial charge on any atom is 0.0160 e. The molecule has 0 saturated heterocycles. The van der Waals surface area contributed by atoms with Crippen molar-refractivity contribution in [3.8, 4) is 22.5 Å². The van der Waals surface area contributed by atoms with E-state index in [1.165, 1.54) is 15.2 Å². The summed E-state index contributed by atoms with van der Waals surface area (Å²) in [4.78, 5) is 8.79. The zero-order valence-corrected chi connectivity index (χ0v) is 29.5. The van der Waals surface area contributed by atoms with Crippen molar-refractivity contribution in [3.63, 3.8) is 0 Å². The third-order valence-electron chi connectivity index (χ3n) is 7.50. The standard InChI is InChI=1S/C27H26GeNO.C11H8N.Ir/c1-17(2)18-11-12-29-25(15-18)23-8-6-7-22-24-14-19-9-10-21(28(3,4)5)13-20(19)16-26(24)30-27(22)23;1-2-6-10(7-3-1)11-8-4-5-9-12-11;/h6-7,9-17H,1-5H3;1-6,8-9H;/q2*-1;/i17D;;. The Labute approximate surface area is 271 Å². The molecule has 0 aliphatic rings. The number of nitrogens with zero attached hydrogens (tertiary/aromatic N) is 2. The number of aromatic nitrogens is 2. The monoisotopic (exact) mass is 802 g/mol. The van der Waals surface area contributed by atoms with Crippen molar-refractivity contribution in [3.05, 3.63) is 127 Å². The third kappa shape index (κ3) is 6.67. The van der Waals surface area contributed by atoms with Gasteiger partial charge in [0.2, 0.25) is 0 Å². The van der Waals surface area contributed by atoms with Crippen LogP contribution in [0.5, 0.6) is 0 Å². The van der Waals surface area contributed by atoms with Crippen molar-refractivity contribution in [2.24, 2.45) is 0 Å². The van der Waals surface area contributed by atoms with Gasteiger partial charge < -0.3 is 4.98 Å². The Balaban J connectivity index is 0.000000248. The molecule has 0 N–H and O–H groups in total. The van der Waals surface area contributed by atoms with Gasteiger partial charge in [-0.05, 0) is 11.8 Å². The maximum atomic E-state index is 8.37. The second-order valence-electron chi connectivity index (χ2n) is 11.8. The third-order valence-corrected chi connectivity index (χ3v) is 11.8. The number of benzene rings is 4. The van der Waals surface area contributed by atoms with Gasteiger partial charge in [0.15, 0.2) is 0 Å². The quantitative estimate of drug-likeness (QED) is 0.132. The van der Waals surface area contributed by atoms with E-state index in [2.05, 4.69) is 75.8 Å². The molecule has 1 radical (unpaired) electrons. The molecular formula is C38H34GeIrN2O-2. The maximum absolute atomic E-state index is 8.37. The van der Waals surface area contributed by atoms with E-state index in [1.807, 2.05) is 74.5 Å². The Morgan fingerprint density at radius 2 is 1.56 bits per heavy atom. The topological polar surface area (TPSA) is 38.9 Å². The van der Waals surface area contributed by atoms with Crippen molar-refractivity contribution in [2.75, 3.05) is 0 Å². The van der Waals surface area contributed by atoms with E-state index in [4.69, 9.17) is 5.79 Å². The van der Waals surface area contributed by atoms with E-state index in [9.17, 15) is 0 Å². The first kappa shape index (κ1) is 29.5. The zero-order valence-electron chi connectivity index (χ0n) is 26.0. The summed E-state index contributed by atoms with van der Waals surface area (Å²) >= 11 is -1.90. The van der Waals surface area contributed by atoms with Gasteiger partial charge in [-0.3, -0.25) is 0 Å². The van der Waals surface area contributed by atoms with Gasteiger partial charge in [0.05, 0.1) is 0 Å². The van der Waals surface area contributed by atoms with Gasteiger partial charge in [-0.25, -0.2) is 0 Å². The Morgan fingerprint density at radius 3 is 2.28 bits per heavy atom. The predicted molar refractivity (Wildman–Crippen MR) is 179 cm³/mol. The molecule has 0 saturated carbocycles. The van der Waals surface area contributed by atoms with Crippen LogP contribution in [0, 0.1) is 12.1 Å². The van der Waals surface area contributed by atoms with Crippen LogP contribution in [0.4, 0.5) is 0 Å². The minimum absolute atomic E-state index is 0. The Kier molecular flexibility index (Phi) is 8.90. The van der Waals surface area contributed by atoms with Gasteiger partial charge in [-0.15, -0.1) is 35.9 Å². The van der Waals surface area contributed by atoms with Gasteiger partial charge in [0.1, 0.15) is 0 Å². The normalized spacial score (nSPS) is 12.0. The molecule has 3 heterocycles. The molecule has 0 bridgehead atoms. The molecule has 4 aromatic carbocycles. The number of hydrogen-bond acceptors (Lipinski definition) is 3. The first-order valence-electron chi connectivity index (χ1n) is 14.7. The van der Waals surface area contributed by atoms with Crippen LogP contribution in [0.15, 0.2) is 114 Å². The van der Waals surface area contributed by atoms with Crippen LogP contribution in [-0.4, -0.2) is 23.2 Å². The van der Waals surface area contributed by atoms with E-state index in [0.29, 0.717) is 0 Å². The minimum Gasteiger partial charge on any atom is -0.305 e. The summed E-state index contributed by atoms with van der Waals surface area (Å²) in [7, 11) is 0. The number of furan rings is 1. The molecule has 7 rings (SSSR count). The summed E-state index contributed by atoms with van der Waals surface area (Å²) in [6, 6.07) is 39.3. The van der Waals surface area contributed by atoms with Gasteiger partial charge in [0, 0.05) is 27.7 Å². The van der Waals surface area contributed by atoms with Crippen molar-refractivity contribution in [1.29, 1.82) is 0 Å². The summed E-state index contributed by atoms with van der Waals surface area (Å²) in [6.45, 7) is 3.78. The van der Waals surface area contributed by atoms with Crippen molar-refractivity contribution in [2.45, 2.75) is 37.0 Å². The summed E-state index contributed by atoms with van der Waals surface area (Å²) in [5, 5.41) is 4.64. The largest absolute Gasteiger partial charge is 0.305 e. The zero-order chi connectivity index (χ0) is 30.2. The van der Waals surface area contributed by atoms with E-state index < -0.39 is 19.2 Å². The fourth-order valence-electron chi connectivity index (χ4n) is 5.09. The fourth-order valence-corrected chi connectivity index (χ4v) is 7.55. The molecule has 5 heteroatoms.